The number of piperidine rings is 1. The SMILES string of the molecule is CCC1CN(CC(O)COC(C)C)CCC1NC. The van der Waals surface area contributed by atoms with Crippen molar-refractivity contribution in [1.82, 2.24) is 10.2 Å². The second-order valence-corrected chi connectivity index (χ2v) is 5.65. The van der Waals surface area contributed by atoms with E-state index in [4.69, 9.17) is 4.74 Å². The number of hydrogen-bond acceptors (Lipinski definition) is 4. The van der Waals surface area contributed by atoms with E-state index in [2.05, 4.69) is 17.1 Å². The largest absolute Gasteiger partial charge is 0.389 e. The van der Waals surface area contributed by atoms with Crippen LogP contribution in [0.5, 0.6) is 0 Å². The maximum Gasteiger partial charge on any atom is 0.0900 e. The van der Waals surface area contributed by atoms with Gasteiger partial charge in [-0.1, -0.05) is 13.3 Å². The second kappa shape index (κ2) is 8.10. The number of likely N-dealkylation sites (tertiary alicyclic amines) is 1. The van der Waals surface area contributed by atoms with E-state index in [0.717, 1.165) is 19.6 Å². The Morgan fingerprint density at radius 3 is 2.72 bits per heavy atom. The molecule has 3 unspecified atom stereocenters. The zero-order chi connectivity index (χ0) is 13.5. The Hall–Kier alpha value is -0.160. The summed E-state index contributed by atoms with van der Waals surface area (Å²) in [5.74, 6) is 0.696. The molecule has 0 aromatic rings. The number of ether oxygens (including phenoxy) is 1. The number of hydrogen-bond donors (Lipinski definition) is 2. The summed E-state index contributed by atoms with van der Waals surface area (Å²) < 4.78 is 5.45. The Labute approximate surface area is 112 Å². The smallest absolute Gasteiger partial charge is 0.0900 e. The van der Waals surface area contributed by atoms with Gasteiger partial charge in [-0.05, 0) is 39.8 Å². The van der Waals surface area contributed by atoms with Gasteiger partial charge < -0.3 is 20.1 Å². The van der Waals surface area contributed by atoms with Crippen LogP contribution < -0.4 is 5.32 Å². The molecule has 0 amide bonds. The third-order valence-electron chi connectivity index (χ3n) is 3.80. The zero-order valence-corrected chi connectivity index (χ0v) is 12.4. The molecule has 0 spiro atoms. The minimum absolute atomic E-state index is 0.193. The van der Waals surface area contributed by atoms with E-state index in [9.17, 15) is 5.11 Å². The van der Waals surface area contributed by atoms with Crippen molar-refractivity contribution < 1.29 is 9.84 Å². The highest BCUT2D eigenvalue weighted by atomic mass is 16.5. The number of aliphatic hydroxyl groups is 1. The molecule has 0 aromatic heterocycles. The molecular formula is C14H30N2O2. The van der Waals surface area contributed by atoms with Gasteiger partial charge in [-0.15, -0.1) is 0 Å². The van der Waals surface area contributed by atoms with E-state index in [1.807, 2.05) is 20.9 Å². The van der Waals surface area contributed by atoms with Crippen molar-refractivity contribution in [3.63, 3.8) is 0 Å². The number of nitrogens with one attached hydrogen (secondary N) is 1. The van der Waals surface area contributed by atoms with Crippen LogP contribution in [0.4, 0.5) is 0 Å². The summed E-state index contributed by atoms with van der Waals surface area (Å²) >= 11 is 0. The quantitative estimate of drug-likeness (QED) is 0.717. The molecular weight excluding hydrogens is 228 g/mol. The molecule has 1 aliphatic rings. The summed E-state index contributed by atoms with van der Waals surface area (Å²) in [6.45, 7) is 9.58. The number of β-amino-alcohol motifs (C(OH)–C–C–N with tert-alkyl or cyclic N) is 1. The Morgan fingerprint density at radius 1 is 1.44 bits per heavy atom. The lowest BCUT2D eigenvalue weighted by molar-refractivity contribution is -0.0155. The van der Waals surface area contributed by atoms with Crippen LogP contribution in [0.15, 0.2) is 0 Å². The van der Waals surface area contributed by atoms with Crippen LogP contribution >= 0.6 is 0 Å². The summed E-state index contributed by atoms with van der Waals surface area (Å²) in [4.78, 5) is 2.37. The highest BCUT2D eigenvalue weighted by Crippen LogP contribution is 2.20. The first-order chi connectivity index (χ1) is 8.56. The summed E-state index contributed by atoms with van der Waals surface area (Å²) in [7, 11) is 2.05. The van der Waals surface area contributed by atoms with Crippen molar-refractivity contribution in [2.75, 3.05) is 33.3 Å². The van der Waals surface area contributed by atoms with E-state index >= 15 is 0 Å². The van der Waals surface area contributed by atoms with Gasteiger partial charge in [0.05, 0.1) is 18.8 Å². The van der Waals surface area contributed by atoms with Crippen LogP contribution in [0, 0.1) is 5.92 Å². The Balaban J connectivity index is 2.30. The summed E-state index contributed by atoms with van der Waals surface area (Å²) in [5.41, 5.74) is 0. The molecule has 0 radical (unpaired) electrons. The molecule has 0 bridgehead atoms. The molecule has 2 N–H and O–H groups in total. The number of nitrogens with zero attached hydrogens (tertiary/aromatic N) is 1. The lowest BCUT2D eigenvalue weighted by Gasteiger charge is -2.39. The standard InChI is InChI=1S/C14H30N2O2/c1-5-12-8-16(7-6-14(12)15-4)9-13(17)10-18-11(2)3/h11-15,17H,5-10H2,1-4H3. The first kappa shape index (κ1) is 15.9. The van der Waals surface area contributed by atoms with Crippen molar-refractivity contribution in [1.29, 1.82) is 0 Å². The minimum Gasteiger partial charge on any atom is -0.389 e. The van der Waals surface area contributed by atoms with Crippen molar-refractivity contribution in [2.24, 2.45) is 5.92 Å². The molecule has 1 fully saturated rings. The maximum atomic E-state index is 9.95. The van der Waals surface area contributed by atoms with Gasteiger partial charge in [-0.3, -0.25) is 0 Å². The molecule has 0 aromatic carbocycles. The van der Waals surface area contributed by atoms with Crippen molar-refractivity contribution >= 4 is 0 Å². The van der Waals surface area contributed by atoms with E-state index in [1.54, 1.807) is 0 Å². The molecule has 1 aliphatic heterocycles. The lowest BCUT2D eigenvalue weighted by atomic mass is 9.90. The van der Waals surface area contributed by atoms with Crippen LogP contribution in [0.3, 0.4) is 0 Å². The Kier molecular flexibility index (Phi) is 7.15. The van der Waals surface area contributed by atoms with E-state index in [-0.39, 0.29) is 12.2 Å². The molecule has 108 valence electrons. The molecule has 1 heterocycles. The van der Waals surface area contributed by atoms with Crippen LogP contribution in [-0.4, -0.2) is 61.5 Å². The monoisotopic (exact) mass is 258 g/mol. The minimum atomic E-state index is -0.365. The van der Waals surface area contributed by atoms with Crippen molar-refractivity contribution in [3.05, 3.63) is 0 Å². The van der Waals surface area contributed by atoms with Crippen molar-refractivity contribution in [3.8, 4) is 0 Å². The number of rotatable bonds is 7. The van der Waals surface area contributed by atoms with Gasteiger partial charge in [0.25, 0.3) is 0 Å². The van der Waals surface area contributed by atoms with Crippen LogP contribution in [0.25, 0.3) is 0 Å². The highest BCUT2D eigenvalue weighted by Gasteiger charge is 2.27. The second-order valence-electron chi connectivity index (χ2n) is 5.65. The average Bonchev–Trinajstić information content (AvgIpc) is 2.36. The van der Waals surface area contributed by atoms with Crippen LogP contribution in [-0.2, 0) is 4.74 Å². The summed E-state index contributed by atoms with van der Waals surface area (Å²) in [5, 5.41) is 13.4. The Morgan fingerprint density at radius 2 is 2.17 bits per heavy atom. The molecule has 3 atom stereocenters. The van der Waals surface area contributed by atoms with Crippen molar-refractivity contribution in [2.45, 2.75) is 51.9 Å². The fourth-order valence-electron chi connectivity index (χ4n) is 2.72. The molecule has 1 rings (SSSR count). The molecule has 18 heavy (non-hydrogen) atoms. The maximum absolute atomic E-state index is 9.95. The van der Waals surface area contributed by atoms with Gasteiger partial charge in [0.2, 0.25) is 0 Å². The van der Waals surface area contributed by atoms with Gasteiger partial charge in [-0.25, -0.2) is 0 Å². The third kappa shape index (κ3) is 5.22. The predicted octanol–water partition coefficient (Wildman–Crippen LogP) is 1.09. The van der Waals surface area contributed by atoms with Gasteiger partial charge in [-0.2, -0.15) is 0 Å². The van der Waals surface area contributed by atoms with Gasteiger partial charge in [0.1, 0.15) is 0 Å². The van der Waals surface area contributed by atoms with Gasteiger partial charge in [0, 0.05) is 19.1 Å². The van der Waals surface area contributed by atoms with E-state index < -0.39 is 0 Å². The third-order valence-corrected chi connectivity index (χ3v) is 3.80. The lowest BCUT2D eigenvalue weighted by Crippen LogP contribution is -2.50. The highest BCUT2D eigenvalue weighted by molar-refractivity contribution is 4.84. The van der Waals surface area contributed by atoms with E-state index in [1.165, 1.54) is 12.8 Å². The molecule has 4 heteroatoms. The molecule has 4 nitrogen and oxygen atoms in total. The molecule has 1 saturated heterocycles. The average molecular weight is 258 g/mol. The summed E-state index contributed by atoms with van der Waals surface area (Å²) in [6.07, 6.45) is 2.20. The van der Waals surface area contributed by atoms with E-state index in [0.29, 0.717) is 18.6 Å². The first-order valence-electron chi connectivity index (χ1n) is 7.26. The Bertz CT molecular complexity index is 224. The molecule has 0 aliphatic carbocycles. The molecule has 0 saturated carbocycles. The fourth-order valence-corrected chi connectivity index (χ4v) is 2.72. The normalized spacial score (nSPS) is 27.7. The topological polar surface area (TPSA) is 44.7 Å². The predicted molar refractivity (Wildman–Crippen MR) is 74.8 cm³/mol. The van der Waals surface area contributed by atoms with Crippen LogP contribution in [0.2, 0.25) is 0 Å². The van der Waals surface area contributed by atoms with Gasteiger partial charge in [0.15, 0.2) is 0 Å². The zero-order valence-electron chi connectivity index (χ0n) is 12.4. The fraction of sp³-hybridized carbons (Fsp3) is 1.00. The van der Waals surface area contributed by atoms with Crippen LogP contribution in [0.1, 0.15) is 33.6 Å². The van der Waals surface area contributed by atoms with Gasteiger partial charge >= 0.3 is 0 Å². The first-order valence-corrected chi connectivity index (χ1v) is 7.26. The summed E-state index contributed by atoms with van der Waals surface area (Å²) in [6, 6.07) is 0.635. The number of aliphatic hydroxyl groups excluding tert-OH is 1.